The van der Waals surface area contributed by atoms with Crippen LogP contribution >= 0.6 is 31.9 Å². The highest BCUT2D eigenvalue weighted by molar-refractivity contribution is 9.11. The average molecular weight is 411 g/mol. The standard InChI is InChI=1S/C17H17Br2NO/c1-3-11(2)12-4-7-14(8-5-12)20-17(21)15-9-6-13(18)10-16(15)19/h4-11H,3H2,1-2H3,(H,20,21). The minimum absolute atomic E-state index is 0.120. The fourth-order valence-electron chi connectivity index (χ4n) is 2.00. The number of rotatable bonds is 4. The van der Waals surface area contributed by atoms with E-state index in [1.54, 1.807) is 6.07 Å². The molecule has 0 spiro atoms. The Labute approximate surface area is 142 Å². The quantitative estimate of drug-likeness (QED) is 0.660. The maximum atomic E-state index is 12.3. The summed E-state index contributed by atoms with van der Waals surface area (Å²) < 4.78 is 1.70. The number of anilines is 1. The summed E-state index contributed by atoms with van der Waals surface area (Å²) in [6.07, 6.45) is 1.11. The molecule has 1 amide bonds. The molecule has 0 radical (unpaired) electrons. The first kappa shape index (κ1) is 16.2. The van der Waals surface area contributed by atoms with E-state index in [1.807, 2.05) is 24.3 Å². The number of benzene rings is 2. The van der Waals surface area contributed by atoms with Crippen molar-refractivity contribution in [1.82, 2.24) is 0 Å². The lowest BCUT2D eigenvalue weighted by Crippen LogP contribution is -2.12. The van der Waals surface area contributed by atoms with Crippen molar-refractivity contribution in [1.29, 1.82) is 0 Å². The minimum Gasteiger partial charge on any atom is -0.322 e. The molecule has 0 aliphatic carbocycles. The second-order valence-electron chi connectivity index (χ2n) is 5.01. The third-order valence-electron chi connectivity index (χ3n) is 3.53. The summed E-state index contributed by atoms with van der Waals surface area (Å²) in [6, 6.07) is 13.5. The molecular weight excluding hydrogens is 394 g/mol. The fraction of sp³-hybridized carbons (Fsp3) is 0.235. The topological polar surface area (TPSA) is 29.1 Å². The van der Waals surface area contributed by atoms with Crippen molar-refractivity contribution in [3.63, 3.8) is 0 Å². The smallest absolute Gasteiger partial charge is 0.256 e. The van der Waals surface area contributed by atoms with Crippen LogP contribution in [0.4, 0.5) is 5.69 Å². The molecule has 1 unspecified atom stereocenters. The van der Waals surface area contributed by atoms with Crippen LogP contribution in [0.2, 0.25) is 0 Å². The zero-order valence-corrected chi connectivity index (χ0v) is 15.2. The van der Waals surface area contributed by atoms with Crippen LogP contribution in [-0.2, 0) is 0 Å². The van der Waals surface area contributed by atoms with Gasteiger partial charge in [-0.2, -0.15) is 0 Å². The Morgan fingerprint density at radius 1 is 1.14 bits per heavy atom. The van der Waals surface area contributed by atoms with Crippen molar-refractivity contribution >= 4 is 43.5 Å². The number of halogens is 2. The number of amides is 1. The molecule has 0 aliphatic heterocycles. The van der Waals surface area contributed by atoms with Crippen LogP contribution in [0, 0.1) is 0 Å². The lowest BCUT2D eigenvalue weighted by molar-refractivity contribution is 0.102. The number of hydrogen-bond donors (Lipinski definition) is 1. The molecule has 0 saturated carbocycles. The Bertz CT molecular complexity index is 638. The van der Waals surface area contributed by atoms with Gasteiger partial charge in [-0.05, 0) is 64.2 Å². The molecule has 0 aliphatic rings. The molecule has 2 aromatic rings. The van der Waals surface area contributed by atoms with Crippen molar-refractivity contribution in [2.24, 2.45) is 0 Å². The van der Waals surface area contributed by atoms with Gasteiger partial charge in [-0.3, -0.25) is 4.79 Å². The fourth-order valence-corrected chi connectivity index (χ4v) is 3.23. The Morgan fingerprint density at radius 3 is 2.38 bits per heavy atom. The van der Waals surface area contributed by atoms with Crippen molar-refractivity contribution < 1.29 is 4.79 Å². The van der Waals surface area contributed by atoms with Crippen LogP contribution in [-0.4, -0.2) is 5.91 Å². The average Bonchev–Trinajstić information content (AvgIpc) is 2.47. The van der Waals surface area contributed by atoms with Crippen molar-refractivity contribution in [3.8, 4) is 0 Å². The second kappa shape index (κ2) is 7.23. The summed E-state index contributed by atoms with van der Waals surface area (Å²) in [6.45, 7) is 4.37. The predicted molar refractivity (Wildman–Crippen MR) is 94.9 cm³/mol. The van der Waals surface area contributed by atoms with Gasteiger partial charge in [0.15, 0.2) is 0 Å². The van der Waals surface area contributed by atoms with Gasteiger partial charge in [0.25, 0.3) is 5.91 Å². The molecule has 110 valence electrons. The number of carbonyl (C=O) groups is 1. The van der Waals surface area contributed by atoms with Gasteiger partial charge < -0.3 is 5.32 Å². The van der Waals surface area contributed by atoms with Gasteiger partial charge in [0, 0.05) is 14.6 Å². The summed E-state index contributed by atoms with van der Waals surface area (Å²) in [7, 11) is 0. The number of nitrogens with one attached hydrogen (secondary N) is 1. The maximum absolute atomic E-state index is 12.3. The largest absolute Gasteiger partial charge is 0.322 e. The summed E-state index contributed by atoms with van der Waals surface area (Å²) in [5.41, 5.74) is 2.71. The zero-order valence-electron chi connectivity index (χ0n) is 12.0. The molecule has 2 nitrogen and oxygen atoms in total. The molecule has 2 rings (SSSR count). The Hall–Kier alpha value is -1.13. The molecule has 1 N–H and O–H groups in total. The van der Waals surface area contributed by atoms with Crippen LogP contribution < -0.4 is 5.32 Å². The highest BCUT2D eigenvalue weighted by atomic mass is 79.9. The molecule has 0 bridgehead atoms. The molecular formula is C17H17Br2NO. The Morgan fingerprint density at radius 2 is 1.81 bits per heavy atom. The first-order valence-corrected chi connectivity index (χ1v) is 8.46. The first-order chi connectivity index (χ1) is 10.0. The minimum atomic E-state index is -0.120. The summed E-state index contributed by atoms with van der Waals surface area (Å²) >= 11 is 6.79. The van der Waals surface area contributed by atoms with Crippen molar-refractivity contribution in [2.75, 3.05) is 5.32 Å². The van der Waals surface area contributed by atoms with E-state index in [1.165, 1.54) is 5.56 Å². The third-order valence-corrected chi connectivity index (χ3v) is 4.68. The van der Waals surface area contributed by atoms with Crippen molar-refractivity contribution in [3.05, 3.63) is 62.5 Å². The maximum Gasteiger partial charge on any atom is 0.256 e. The van der Waals surface area contributed by atoms with E-state index in [4.69, 9.17) is 0 Å². The van der Waals surface area contributed by atoms with Gasteiger partial charge in [-0.15, -0.1) is 0 Å². The summed E-state index contributed by atoms with van der Waals surface area (Å²) in [5.74, 6) is 0.418. The van der Waals surface area contributed by atoms with Crippen LogP contribution in [0.15, 0.2) is 51.4 Å². The molecule has 4 heteroatoms. The van der Waals surface area contributed by atoms with E-state index in [-0.39, 0.29) is 5.91 Å². The van der Waals surface area contributed by atoms with Crippen LogP contribution in [0.3, 0.4) is 0 Å². The molecule has 0 fully saturated rings. The van der Waals surface area contributed by atoms with Crippen LogP contribution in [0.5, 0.6) is 0 Å². The molecule has 2 aromatic carbocycles. The molecule has 0 heterocycles. The van der Waals surface area contributed by atoms with E-state index in [2.05, 4.69) is 63.2 Å². The lowest BCUT2D eigenvalue weighted by atomic mass is 9.98. The van der Waals surface area contributed by atoms with Gasteiger partial charge in [0.1, 0.15) is 0 Å². The summed E-state index contributed by atoms with van der Waals surface area (Å²) in [4.78, 5) is 12.3. The van der Waals surface area contributed by atoms with E-state index < -0.39 is 0 Å². The van der Waals surface area contributed by atoms with E-state index >= 15 is 0 Å². The first-order valence-electron chi connectivity index (χ1n) is 6.87. The zero-order chi connectivity index (χ0) is 15.4. The SMILES string of the molecule is CCC(C)c1ccc(NC(=O)c2ccc(Br)cc2Br)cc1. The van der Waals surface area contributed by atoms with Crippen LogP contribution in [0.1, 0.15) is 42.1 Å². The van der Waals surface area contributed by atoms with E-state index in [0.717, 1.165) is 21.1 Å². The molecule has 0 saturated heterocycles. The monoisotopic (exact) mass is 409 g/mol. The van der Waals surface area contributed by atoms with Gasteiger partial charge >= 0.3 is 0 Å². The predicted octanol–water partition coefficient (Wildman–Crippen LogP) is 5.98. The highest BCUT2D eigenvalue weighted by Crippen LogP contribution is 2.24. The van der Waals surface area contributed by atoms with Gasteiger partial charge in [-0.1, -0.05) is 41.9 Å². The summed E-state index contributed by atoms with van der Waals surface area (Å²) in [5, 5.41) is 2.92. The Kier molecular flexibility index (Phi) is 5.59. The highest BCUT2D eigenvalue weighted by Gasteiger charge is 2.11. The van der Waals surface area contributed by atoms with Gasteiger partial charge in [0.2, 0.25) is 0 Å². The normalized spacial score (nSPS) is 12.0. The Balaban J connectivity index is 2.12. The van der Waals surface area contributed by atoms with Crippen LogP contribution in [0.25, 0.3) is 0 Å². The van der Waals surface area contributed by atoms with Gasteiger partial charge in [0.05, 0.1) is 5.56 Å². The van der Waals surface area contributed by atoms with Gasteiger partial charge in [-0.25, -0.2) is 0 Å². The molecule has 0 aromatic heterocycles. The van der Waals surface area contributed by atoms with E-state index in [9.17, 15) is 4.79 Å². The number of carbonyl (C=O) groups excluding carboxylic acids is 1. The van der Waals surface area contributed by atoms with E-state index in [0.29, 0.717) is 11.5 Å². The number of hydrogen-bond acceptors (Lipinski definition) is 1. The lowest BCUT2D eigenvalue weighted by Gasteiger charge is -2.11. The molecule has 1 atom stereocenters. The third kappa shape index (κ3) is 4.17. The van der Waals surface area contributed by atoms with Crippen molar-refractivity contribution in [2.45, 2.75) is 26.2 Å². The molecule has 21 heavy (non-hydrogen) atoms. The second-order valence-corrected chi connectivity index (χ2v) is 6.78.